The van der Waals surface area contributed by atoms with Gasteiger partial charge in [0.2, 0.25) is 5.88 Å². The molecule has 0 bridgehead atoms. The third-order valence-corrected chi connectivity index (χ3v) is 4.64. The summed E-state index contributed by atoms with van der Waals surface area (Å²) in [5.74, 6) is -2.92. The number of hydrogen-bond acceptors (Lipinski definition) is 6. The second kappa shape index (κ2) is 4.84. The summed E-state index contributed by atoms with van der Waals surface area (Å²) in [7, 11) is -4.28. The molecule has 0 saturated carbocycles. The van der Waals surface area contributed by atoms with E-state index < -0.39 is 39.9 Å². The molecule has 0 spiro atoms. The number of aryl methyl sites for hydroxylation is 1. The van der Waals surface area contributed by atoms with Crippen molar-refractivity contribution in [3.63, 3.8) is 0 Å². The molecule has 1 saturated heterocycles. The van der Waals surface area contributed by atoms with E-state index in [9.17, 15) is 27.8 Å². The van der Waals surface area contributed by atoms with E-state index in [0.717, 1.165) is 16.8 Å². The first-order valence-electron chi connectivity index (χ1n) is 6.31. The molecule has 2 heterocycles. The number of rotatable bonds is 2. The first kappa shape index (κ1) is 15.1. The molecule has 11 heteroatoms. The van der Waals surface area contributed by atoms with Gasteiger partial charge in [-0.2, -0.15) is 8.42 Å². The summed E-state index contributed by atoms with van der Waals surface area (Å²) in [6.07, 6.45) is 1.33. The van der Waals surface area contributed by atoms with E-state index in [1.165, 1.54) is 6.20 Å². The fourth-order valence-electron chi connectivity index (χ4n) is 2.18. The van der Waals surface area contributed by atoms with Gasteiger partial charge in [-0.05, 0) is 19.1 Å². The maximum absolute atomic E-state index is 14.7. The highest BCUT2D eigenvalue weighted by Crippen LogP contribution is 2.36. The van der Waals surface area contributed by atoms with E-state index in [0.29, 0.717) is 9.87 Å². The van der Waals surface area contributed by atoms with Gasteiger partial charge < -0.3 is 10.2 Å². The number of aromatic nitrogens is 2. The van der Waals surface area contributed by atoms with Gasteiger partial charge in [-0.1, -0.05) is 0 Å². The highest BCUT2D eigenvalue weighted by atomic mass is 32.2. The number of aromatic hydroxyl groups is 2. The molecule has 1 aliphatic rings. The minimum absolute atomic E-state index is 0.198. The third kappa shape index (κ3) is 2.34. The van der Waals surface area contributed by atoms with Gasteiger partial charge in [0.1, 0.15) is 23.7 Å². The fraction of sp³-hybridized carbons (Fsp3) is 0.167. The Morgan fingerprint density at radius 3 is 2.57 bits per heavy atom. The molecule has 1 aliphatic heterocycles. The number of benzene rings is 1. The van der Waals surface area contributed by atoms with Crippen LogP contribution >= 0.6 is 0 Å². The lowest BCUT2D eigenvalue weighted by Gasteiger charge is -2.18. The Labute approximate surface area is 129 Å². The van der Waals surface area contributed by atoms with Gasteiger partial charge >= 0.3 is 10.2 Å². The number of hydrogen-bond donors (Lipinski definition) is 3. The SMILES string of the molecule is Cc1cn(-c2ccc(O)c(N3CC(=O)NS3(=O)=O)c2F)nc1O. The molecular formula is C12H11FN4O5S. The largest absolute Gasteiger partial charge is 0.506 e. The van der Waals surface area contributed by atoms with Gasteiger partial charge in [-0.15, -0.1) is 5.10 Å². The summed E-state index contributed by atoms with van der Waals surface area (Å²) in [5.41, 5.74) is -0.492. The quantitative estimate of drug-likeness (QED) is 0.701. The third-order valence-electron chi connectivity index (χ3n) is 3.26. The fourth-order valence-corrected chi connectivity index (χ4v) is 3.34. The van der Waals surface area contributed by atoms with Crippen molar-refractivity contribution >= 4 is 21.8 Å². The number of amides is 1. The van der Waals surface area contributed by atoms with E-state index in [1.807, 2.05) is 0 Å². The topological polar surface area (TPSA) is 125 Å². The van der Waals surface area contributed by atoms with Crippen LogP contribution in [0.5, 0.6) is 11.6 Å². The van der Waals surface area contributed by atoms with Crippen LogP contribution in [0.1, 0.15) is 5.56 Å². The van der Waals surface area contributed by atoms with Crippen molar-refractivity contribution in [3.8, 4) is 17.3 Å². The van der Waals surface area contributed by atoms with Crippen LogP contribution in [-0.4, -0.2) is 40.9 Å². The summed E-state index contributed by atoms with van der Waals surface area (Å²) in [5, 5.41) is 23.0. The van der Waals surface area contributed by atoms with Crippen LogP contribution in [0.2, 0.25) is 0 Å². The van der Waals surface area contributed by atoms with Crippen molar-refractivity contribution in [2.75, 3.05) is 10.8 Å². The maximum atomic E-state index is 14.7. The molecule has 23 heavy (non-hydrogen) atoms. The highest BCUT2D eigenvalue weighted by molar-refractivity contribution is 7.92. The van der Waals surface area contributed by atoms with Crippen LogP contribution in [0.4, 0.5) is 10.1 Å². The number of anilines is 1. The first-order valence-corrected chi connectivity index (χ1v) is 7.75. The lowest BCUT2D eigenvalue weighted by molar-refractivity contribution is -0.117. The predicted molar refractivity (Wildman–Crippen MR) is 76.0 cm³/mol. The van der Waals surface area contributed by atoms with E-state index in [2.05, 4.69) is 5.10 Å². The lowest BCUT2D eigenvalue weighted by atomic mass is 10.2. The first-order chi connectivity index (χ1) is 10.7. The molecule has 1 aromatic carbocycles. The van der Waals surface area contributed by atoms with Gasteiger partial charge in [-0.3, -0.25) is 4.79 Å². The summed E-state index contributed by atoms with van der Waals surface area (Å²) < 4.78 is 41.5. The predicted octanol–water partition coefficient (Wildman–Crippen LogP) is -0.0880. The highest BCUT2D eigenvalue weighted by Gasteiger charge is 2.38. The molecule has 0 radical (unpaired) electrons. The molecule has 1 fully saturated rings. The number of nitrogens with one attached hydrogen (secondary N) is 1. The van der Waals surface area contributed by atoms with Crippen molar-refractivity contribution in [1.29, 1.82) is 0 Å². The molecule has 1 aromatic heterocycles. The van der Waals surface area contributed by atoms with Crippen molar-refractivity contribution in [3.05, 3.63) is 29.7 Å². The summed E-state index contributed by atoms with van der Waals surface area (Å²) >= 11 is 0. The molecule has 0 atom stereocenters. The van der Waals surface area contributed by atoms with Crippen LogP contribution in [0.25, 0.3) is 5.69 Å². The van der Waals surface area contributed by atoms with Gasteiger partial charge in [0.05, 0.1) is 0 Å². The zero-order valence-electron chi connectivity index (χ0n) is 11.7. The zero-order valence-corrected chi connectivity index (χ0v) is 12.5. The smallest absolute Gasteiger partial charge is 0.326 e. The Morgan fingerprint density at radius 1 is 1.35 bits per heavy atom. The van der Waals surface area contributed by atoms with Gasteiger partial charge in [0.15, 0.2) is 5.82 Å². The molecule has 1 amide bonds. The molecule has 0 aliphatic carbocycles. The normalized spacial score (nSPS) is 16.6. The molecule has 9 nitrogen and oxygen atoms in total. The molecular weight excluding hydrogens is 331 g/mol. The van der Waals surface area contributed by atoms with E-state index in [-0.39, 0.29) is 11.6 Å². The number of phenols is 1. The van der Waals surface area contributed by atoms with Crippen LogP contribution < -0.4 is 9.03 Å². The van der Waals surface area contributed by atoms with Crippen LogP contribution in [-0.2, 0) is 15.0 Å². The number of halogens is 1. The maximum Gasteiger partial charge on any atom is 0.326 e. The monoisotopic (exact) mass is 342 g/mol. The Morgan fingerprint density at radius 2 is 2.04 bits per heavy atom. The lowest BCUT2D eigenvalue weighted by Crippen LogP contribution is -2.30. The number of carbonyl (C=O) groups excluding carboxylic acids is 1. The minimum atomic E-state index is -4.28. The average molecular weight is 342 g/mol. The Hall–Kier alpha value is -2.82. The summed E-state index contributed by atoms with van der Waals surface area (Å²) in [6, 6.07) is 2.23. The van der Waals surface area contributed by atoms with Crippen molar-refractivity contribution in [2.45, 2.75) is 6.92 Å². The molecule has 3 N–H and O–H groups in total. The summed E-state index contributed by atoms with van der Waals surface area (Å²) in [4.78, 5) is 11.3. The molecule has 3 rings (SSSR count). The van der Waals surface area contributed by atoms with Gasteiger partial charge in [-0.25, -0.2) is 18.1 Å². The Bertz CT molecular complexity index is 904. The Balaban J connectivity index is 2.19. The second-order valence-electron chi connectivity index (χ2n) is 4.88. The van der Waals surface area contributed by atoms with E-state index >= 15 is 0 Å². The molecule has 2 aromatic rings. The standard InChI is InChI=1S/C12H11FN4O5S/c1-6-4-16(14-12(6)20)7-2-3-8(18)11(10(7)13)17-5-9(19)15-23(17,21)22/h2-4,18H,5H2,1H3,(H,14,20)(H,15,19). The second-order valence-corrected chi connectivity index (χ2v) is 6.48. The van der Waals surface area contributed by atoms with Crippen molar-refractivity contribution < 1.29 is 27.8 Å². The number of phenolic OH excluding ortho intramolecular Hbond substituents is 1. The zero-order chi connectivity index (χ0) is 16.9. The van der Waals surface area contributed by atoms with Gasteiger partial charge in [0, 0.05) is 11.8 Å². The van der Waals surface area contributed by atoms with E-state index in [4.69, 9.17) is 0 Å². The van der Waals surface area contributed by atoms with Crippen molar-refractivity contribution in [1.82, 2.24) is 14.5 Å². The van der Waals surface area contributed by atoms with Crippen molar-refractivity contribution in [2.24, 2.45) is 0 Å². The average Bonchev–Trinajstić information content (AvgIpc) is 2.89. The Kier molecular flexibility index (Phi) is 3.18. The van der Waals surface area contributed by atoms with Crippen LogP contribution in [0.3, 0.4) is 0 Å². The molecule has 0 unspecified atom stereocenters. The molecule has 122 valence electrons. The van der Waals surface area contributed by atoms with E-state index in [1.54, 1.807) is 11.6 Å². The van der Waals surface area contributed by atoms with Gasteiger partial charge in [0.25, 0.3) is 5.91 Å². The summed E-state index contributed by atoms with van der Waals surface area (Å²) in [6.45, 7) is 0.894. The number of nitrogens with zero attached hydrogens (tertiary/aromatic N) is 3. The van der Waals surface area contributed by atoms with Crippen LogP contribution in [0.15, 0.2) is 18.3 Å². The number of carbonyl (C=O) groups is 1. The van der Waals surface area contributed by atoms with Crippen LogP contribution in [0, 0.1) is 12.7 Å². The minimum Gasteiger partial charge on any atom is -0.506 e.